The van der Waals surface area contributed by atoms with Crippen LogP contribution in [0.1, 0.15) is 36.6 Å². The number of nitrogens with one attached hydrogen (secondary N) is 2. The summed E-state index contributed by atoms with van der Waals surface area (Å²) < 4.78 is 0. The number of aryl methyl sites for hydroxylation is 1. The largest absolute Gasteiger partial charge is 0.348 e. The molecule has 1 heterocycles. The molecule has 3 rings (SSSR count). The second kappa shape index (κ2) is 7.64. The molecule has 2 atom stereocenters. The van der Waals surface area contributed by atoms with Crippen molar-refractivity contribution >= 4 is 29.4 Å². The first-order valence-electron chi connectivity index (χ1n) is 8.97. The van der Waals surface area contributed by atoms with Crippen molar-refractivity contribution in [1.82, 2.24) is 15.5 Å². The molecule has 2 unspecified atom stereocenters. The fourth-order valence-electron chi connectivity index (χ4n) is 3.21. The molecule has 1 aliphatic heterocycles. The summed E-state index contributed by atoms with van der Waals surface area (Å²) in [7, 11) is 0. The molecule has 2 aromatic rings. The fraction of sp³-hybridized carbons (Fsp3) is 0.286. The van der Waals surface area contributed by atoms with E-state index >= 15 is 0 Å². The van der Waals surface area contributed by atoms with Gasteiger partial charge in [0.05, 0.1) is 6.04 Å². The Morgan fingerprint density at radius 1 is 1.21 bits per heavy atom. The predicted molar refractivity (Wildman–Crippen MR) is 107 cm³/mol. The lowest BCUT2D eigenvalue weighted by Gasteiger charge is -2.22. The topological polar surface area (TPSA) is 78.5 Å². The van der Waals surface area contributed by atoms with Gasteiger partial charge in [0, 0.05) is 5.02 Å². The van der Waals surface area contributed by atoms with Gasteiger partial charge in [-0.3, -0.25) is 14.5 Å². The first-order valence-corrected chi connectivity index (χ1v) is 9.34. The van der Waals surface area contributed by atoms with Crippen molar-refractivity contribution in [2.45, 2.75) is 32.4 Å². The summed E-state index contributed by atoms with van der Waals surface area (Å²) >= 11 is 5.98. The predicted octanol–water partition coefficient (Wildman–Crippen LogP) is 3.29. The van der Waals surface area contributed by atoms with Crippen molar-refractivity contribution in [3.63, 3.8) is 0 Å². The highest BCUT2D eigenvalue weighted by Crippen LogP contribution is 2.29. The molecule has 0 aromatic heterocycles. The average molecular weight is 400 g/mol. The van der Waals surface area contributed by atoms with Crippen LogP contribution in [0, 0.1) is 6.92 Å². The molecule has 1 saturated heterocycles. The maximum Gasteiger partial charge on any atom is 0.325 e. The first kappa shape index (κ1) is 19.9. The van der Waals surface area contributed by atoms with Crippen LogP contribution in [0.5, 0.6) is 0 Å². The Bertz CT molecular complexity index is 929. The van der Waals surface area contributed by atoms with Crippen molar-refractivity contribution in [2.75, 3.05) is 6.54 Å². The fourth-order valence-corrected chi connectivity index (χ4v) is 3.41. The van der Waals surface area contributed by atoms with Gasteiger partial charge in [-0.2, -0.15) is 0 Å². The van der Waals surface area contributed by atoms with Crippen molar-refractivity contribution in [3.8, 4) is 0 Å². The van der Waals surface area contributed by atoms with Crippen LogP contribution in [0.15, 0.2) is 48.5 Å². The molecular weight excluding hydrogens is 378 g/mol. The summed E-state index contributed by atoms with van der Waals surface area (Å²) in [6.45, 7) is 5.05. The number of rotatable bonds is 5. The molecule has 0 radical (unpaired) electrons. The number of urea groups is 1. The molecule has 7 heteroatoms. The van der Waals surface area contributed by atoms with Crippen molar-refractivity contribution in [1.29, 1.82) is 0 Å². The average Bonchev–Trinajstić information content (AvgIpc) is 2.86. The van der Waals surface area contributed by atoms with Crippen molar-refractivity contribution in [2.24, 2.45) is 0 Å². The minimum Gasteiger partial charge on any atom is -0.348 e. The van der Waals surface area contributed by atoms with E-state index in [0.29, 0.717) is 10.6 Å². The molecule has 146 valence electrons. The number of carbonyl (C=O) groups is 3. The monoisotopic (exact) mass is 399 g/mol. The van der Waals surface area contributed by atoms with Crippen LogP contribution in [-0.2, 0) is 15.1 Å². The lowest BCUT2D eigenvalue weighted by atomic mass is 9.91. The standard InChI is InChI=1S/C21H22ClN3O3/c1-13-7-9-16(10-8-13)21(3)19(27)25(20(28)24-21)12-18(26)23-14(2)15-5-4-6-17(22)11-15/h4-11,14H,12H2,1-3H3,(H,23,26)(H,24,28). The van der Waals surface area contributed by atoms with Gasteiger partial charge in [0.25, 0.3) is 5.91 Å². The third-order valence-corrected chi connectivity index (χ3v) is 5.17. The Balaban J connectivity index is 1.70. The van der Waals surface area contributed by atoms with Gasteiger partial charge in [-0.1, -0.05) is 53.6 Å². The molecule has 2 N–H and O–H groups in total. The zero-order chi connectivity index (χ0) is 20.5. The Morgan fingerprint density at radius 3 is 2.54 bits per heavy atom. The van der Waals surface area contributed by atoms with Gasteiger partial charge >= 0.3 is 6.03 Å². The highest BCUT2D eigenvalue weighted by atomic mass is 35.5. The van der Waals surface area contributed by atoms with E-state index < -0.39 is 23.4 Å². The van der Waals surface area contributed by atoms with E-state index in [2.05, 4.69) is 10.6 Å². The quantitative estimate of drug-likeness (QED) is 0.757. The van der Waals surface area contributed by atoms with Crippen molar-refractivity contribution in [3.05, 3.63) is 70.2 Å². The van der Waals surface area contributed by atoms with E-state index in [4.69, 9.17) is 11.6 Å². The number of nitrogens with zero attached hydrogens (tertiary/aromatic N) is 1. The lowest BCUT2D eigenvalue weighted by molar-refractivity contribution is -0.135. The normalized spacial score (nSPS) is 20.1. The Hall–Kier alpha value is -2.86. The van der Waals surface area contributed by atoms with Gasteiger partial charge in [-0.05, 0) is 44.0 Å². The highest BCUT2D eigenvalue weighted by molar-refractivity contribution is 6.30. The van der Waals surface area contributed by atoms with E-state index in [1.165, 1.54) is 0 Å². The van der Waals surface area contributed by atoms with Crippen LogP contribution in [0.2, 0.25) is 5.02 Å². The van der Waals surface area contributed by atoms with Gasteiger partial charge in [-0.25, -0.2) is 4.79 Å². The second-order valence-corrected chi connectivity index (χ2v) is 7.59. The number of halogens is 1. The van der Waals surface area contributed by atoms with Crippen LogP contribution in [-0.4, -0.2) is 29.3 Å². The maximum atomic E-state index is 12.9. The zero-order valence-corrected chi connectivity index (χ0v) is 16.7. The van der Waals surface area contributed by atoms with Crippen LogP contribution >= 0.6 is 11.6 Å². The minimum absolute atomic E-state index is 0.310. The van der Waals surface area contributed by atoms with Crippen LogP contribution < -0.4 is 10.6 Å². The number of benzene rings is 2. The number of imide groups is 1. The summed E-state index contributed by atoms with van der Waals surface area (Å²) in [6, 6.07) is 13.6. The molecule has 2 aromatic carbocycles. The van der Waals surface area contributed by atoms with E-state index in [1.807, 2.05) is 32.0 Å². The van der Waals surface area contributed by atoms with Crippen molar-refractivity contribution < 1.29 is 14.4 Å². The Morgan fingerprint density at radius 2 is 1.89 bits per heavy atom. The molecule has 0 aliphatic carbocycles. The maximum absolute atomic E-state index is 12.9. The lowest BCUT2D eigenvalue weighted by Crippen LogP contribution is -2.43. The third kappa shape index (κ3) is 3.87. The highest BCUT2D eigenvalue weighted by Gasteiger charge is 2.49. The second-order valence-electron chi connectivity index (χ2n) is 7.16. The third-order valence-electron chi connectivity index (χ3n) is 4.93. The summed E-state index contributed by atoms with van der Waals surface area (Å²) in [6.07, 6.45) is 0. The van der Waals surface area contributed by atoms with E-state index in [0.717, 1.165) is 16.0 Å². The molecule has 0 saturated carbocycles. The van der Waals surface area contributed by atoms with Crippen LogP contribution in [0.3, 0.4) is 0 Å². The number of hydrogen-bond donors (Lipinski definition) is 2. The Kier molecular flexibility index (Phi) is 5.42. The molecule has 6 nitrogen and oxygen atoms in total. The van der Waals surface area contributed by atoms with Gasteiger partial charge in [-0.15, -0.1) is 0 Å². The SMILES string of the molecule is Cc1ccc(C2(C)NC(=O)N(CC(=O)NC(C)c3cccc(Cl)c3)C2=O)cc1. The molecule has 0 spiro atoms. The van der Waals surface area contributed by atoms with E-state index in [-0.39, 0.29) is 12.6 Å². The molecule has 0 bridgehead atoms. The van der Waals surface area contributed by atoms with Gasteiger partial charge in [0.1, 0.15) is 12.1 Å². The van der Waals surface area contributed by atoms with E-state index in [9.17, 15) is 14.4 Å². The smallest absolute Gasteiger partial charge is 0.325 e. The molecule has 4 amide bonds. The summed E-state index contributed by atoms with van der Waals surface area (Å²) in [5, 5.41) is 6.07. The number of carbonyl (C=O) groups excluding carboxylic acids is 3. The van der Waals surface area contributed by atoms with Gasteiger partial charge < -0.3 is 10.6 Å². The molecule has 1 fully saturated rings. The molecule has 1 aliphatic rings. The summed E-state index contributed by atoms with van der Waals surface area (Å²) in [4.78, 5) is 38.7. The number of amides is 4. The minimum atomic E-state index is -1.19. The van der Waals surface area contributed by atoms with Gasteiger partial charge in [0.15, 0.2) is 0 Å². The van der Waals surface area contributed by atoms with Gasteiger partial charge in [0.2, 0.25) is 5.91 Å². The Labute approximate surface area is 168 Å². The molecule has 28 heavy (non-hydrogen) atoms. The zero-order valence-electron chi connectivity index (χ0n) is 16.0. The van der Waals surface area contributed by atoms with E-state index in [1.54, 1.807) is 37.3 Å². The van der Waals surface area contributed by atoms with Crippen LogP contribution in [0.4, 0.5) is 4.79 Å². The first-order chi connectivity index (χ1) is 13.2. The molecular formula is C21H22ClN3O3. The van der Waals surface area contributed by atoms with Crippen LogP contribution in [0.25, 0.3) is 0 Å². The summed E-state index contributed by atoms with van der Waals surface area (Å²) in [5.74, 6) is -0.879. The number of hydrogen-bond acceptors (Lipinski definition) is 3. The summed E-state index contributed by atoms with van der Waals surface area (Å²) in [5.41, 5.74) is 1.37.